The van der Waals surface area contributed by atoms with E-state index < -0.39 is 18.9 Å². The number of ether oxygens (including phenoxy) is 1. The minimum Gasteiger partial charge on any atom is -0.363 e. The molecule has 1 unspecified atom stereocenters. The van der Waals surface area contributed by atoms with Crippen molar-refractivity contribution in [3.63, 3.8) is 0 Å². The van der Waals surface area contributed by atoms with Gasteiger partial charge in [0.1, 0.15) is 6.61 Å². The summed E-state index contributed by atoms with van der Waals surface area (Å²) in [6.07, 6.45) is -5.01. The van der Waals surface area contributed by atoms with Crippen molar-refractivity contribution >= 4 is 11.6 Å². The summed E-state index contributed by atoms with van der Waals surface area (Å²) in [5, 5.41) is 3.68. The maximum atomic E-state index is 12.3. The molecule has 0 heterocycles. The number of nitrogens with one attached hydrogen (secondary N) is 1. The van der Waals surface area contributed by atoms with E-state index in [4.69, 9.17) is 16.3 Å². The summed E-state index contributed by atoms with van der Waals surface area (Å²) in [6, 6.07) is 6.62. The van der Waals surface area contributed by atoms with Crippen molar-refractivity contribution in [2.24, 2.45) is 0 Å². The van der Waals surface area contributed by atoms with Crippen LogP contribution in [-0.4, -0.2) is 24.9 Å². The highest BCUT2D eigenvalue weighted by atomic mass is 35.5. The molecule has 0 radical (unpaired) electrons. The van der Waals surface area contributed by atoms with Gasteiger partial charge in [-0.3, -0.25) is 0 Å². The Labute approximate surface area is 122 Å². The van der Waals surface area contributed by atoms with Gasteiger partial charge in [0, 0.05) is 17.1 Å². The van der Waals surface area contributed by atoms with Crippen molar-refractivity contribution in [2.75, 3.05) is 13.2 Å². The van der Waals surface area contributed by atoms with Gasteiger partial charge < -0.3 is 10.1 Å². The molecule has 1 aromatic carbocycles. The lowest BCUT2D eigenvalue weighted by molar-refractivity contribution is -0.186. The van der Waals surface area contributed by atoms with Crippen LogP contribution < -0.4 is 5.32 Å². The summed E-state index contributed by atoms with van der Waals surface area (Å²) in [6.45, 7) is 4.84. The Morgan fingerprint density at radius 1 is 1.15 bits per heavy atom. The zero-order valence-corrected chi connectivity index (χ0v) is 12.5. The molecule has 2 nitrogen and oxygen atoms in total. The molecule has 1 rings (SSSR count). The Kier molecular flexibility index (Phi) is 5.86. The molecule has 0 aliphatic carbocycles. The Bertz CT molecular complexity index is 394. The zero-order chi connectivity index (χ0) is 15.4. The van der Waals surface area contributed by atoms with Crippen molar-refractivity contribution in [3.8, 4) is 0 Å². The van der Waals surface area contributed by atoms with Crippen LogP contribution in [0.5, 0.6) is 0 Å². The van der Waals surface area contributed by atoms with E-state index in [-0.39, 0.29) is 5.54 Å². The van der Waals surface area contributed by atoms with Crippen molar-refractivity contribution < 1.29 is 17.9 Å². The third-order valence-corrected chi connectivity index (χ3v) is 2.76. The first kappa shape index (κ1) is 17.3. The molecular formula is C14H19ClF3NO. The summed E-state index contributed by atoms with van der Waals surface area (Å²) in [7, 11) is 0. The first-order valence-electron chi connectivity index (χ1n) is 6.26. The molecule has 0 saturated carbocycles. The van der Waals surface area contributed by atoms with Gasteiger partial charge in [-0.2, -0.15) is 13.2 Å². The first-order valence-corrected chi connectivity index (χ1v) is 6.63. The fourth-order valence-electron chi connectivity index (χ4n) is 1.54. The quantitative estimate of drug-likeness (QED) is 0.873. The summed E-state index contributed by atoms with van der Waals surface area (Å²) in [5.41, 5.74) is 0.460. The van der Waals surface area contributed by atoms with Crippen LogP contribution in [0.25, 0.3) is 0 Å². The highest BCUT2D eigenvalue weighted by Crippen LogP contribution is 2.24. The standard InChI is InChI=1S/C14H19ClF3NO/c1-13(2,3)19-8-12(20-9-14(16,17)18)10-4-6-11(15)7-5-10/h4-7,12,19H,8-9H2,1-3H3. The molecule has 6 heteroatoms. The van der Waals surface area contributed by atoms with Crippen molar-refractivity contribution in [1.82, 2.24) is 5.32 Å². The molecule has 1 aromatic rings. The molecule has 0 fully saturated rings. The van der Waals surface area contributed by atoms with Crippen LogP contribution in [0.4, 0.5) is 13.2 Å². The van der Waals surface area contributed by atoms with Crippen LogP contribution in [0.1, 0.15) is 32.4 Å². The molecule has 114 valence electrons. The highest BCUT2D eigenvalue weighted by molar-refractivity contribution is 6.30. The maximum absolute atomic E-state index is 12.3. The van der Waals surface area contributed by atoms with E-state index in [0.29, 0.717) is 17.1 Å². The number of hydrogen-bond acceptors (Lipinski definition) is 2. The normalized spacial score (nSPS) is 14.3. The molecule has 0 spiro atoms. The molecule has 0 amide bonds. The zero-order valence-electron chi connectivity index (χ0n) is 11.7. The monoisotopic (exact) mass is 309 g/mol. The average molecular weight is 310 g/mol. The number of hydrogen-bond donors (Lipinski definition) is 1. The van der Waals surface area contributed by atoms with Crippen molar-refractivity contribution in [2.45, 2.75) is 38.6 Å². The third-order valence-electron chi connectivity index (χ3n) is 2.51. The van der Waals surface area contributed by atoms with Crippen LogP contribution in [0.2, 0.25) is 5.02 Å². The van der Waals surface area contributed by atoms with Crippen molar-refractivity contribution in [3.05, 3.63) is 34.9 Å². The van der Waals surface area contributed by atoms with Crippen LogP contribution in [0.3, 0.4) is 0 Å². The number of rotatable bonds is 5. The Morgan fingerprint density at radius 3 is 2.15 bits per heavy atom. The molecule has 0 aliphatic heterocycles. The van der Waals surface area contributed by atoms with Crippen LogP contribution >= 0.6 is 11.6 Å². The molecular weight excluding hydrogens is 291 g/mol. The van der Waals surface area contributed by atoms with Gasteiger partial charge in [-0.25, -0.2) is 0 Å². The molecule has 1 N–H and O–H groups in total. The maximum Gasteiger partial charge on any atom is 0.411 e. The van der Waals surface area contributed by atoms with E-state index in [1.54, 1.807) is 24.3 Å². The lowest BCUT2D eigenvalue weighted by Gasteiger charge is -2.26. The highest BCUT2D eigenvalue weighted by Gasteiger charge is 2.30. The SMILES string of the molecule is CC(C)(C)NCC(OCC(F)(F)F)c1ccc(Cl)cc1. The van der Waals surface area contributed by atoms with Crippen LogP contribution in [0.15, 0.2) is 24.3 Å². The van der Waals surface area contributed by atoms with E-state index in [0.717, 1.165) is 0 Å². The van der Waals surface area contributed by atoms with E-state index in [1.165, 1.54) is 0 Å². The number of halogens is 4. The largest absolute Gasteiger partial charge is 0.411 e. The van der Waals surface area contributed by atoms with E-state index >= 15 is 0 Å². The van der Waals surface area contributed by atoms with E-state index in [2.05, 4.69) is 5.32 Å². The van der Waals surface area contributed by atoms with E-state index in [1.807, 2.05) is 20.8 Å². The second-order valence-corrected chi connectivity index (χ2v) is 6.03. The van der Waals surface area contributed by atoms with Gasteiger partial charge in [0.05, 0.1) is 6.10 Å². The predicted molar refractivity (Wildman–Crippen MR) is 74.0 cm³/mol. The second kappa shape index (κ2) is 6.78. The second-order valence-electron chi connectivity index (χ2n) is 5.60. The fraction of sp³-hybridized carbons (Fsp3) is 0.571. The van der Waals surface area contributed by atoms with Crippen LogP contribution in [-0.2, 0) is 4.74 Å². The Balaban J connectivity index is 2.75. The van der Waals surface area contributed by atoms with E-state index in [9.17, 15) is 13.2 Å². The molecule has 0 saturated heterocycles. The predicted octanol–water partition coefficient (Wildman–Crippen LogP) is 4.35. The third kappa shape index (κ3) is 7.12. The minimum absolute atomic E-state index is 0.202. The minimum atomic E-state index is -4.34. The number of alkyl halides is 3. The van der Waals surface area contributed by atoms with Crippen molar-refractivity contribution in [1.29, 1.82) is 0 Å². The lowest BCUT2D eigenvalue weighted by atomic mass is 10.1. The summed E-state index contributed by atoms with van der Waals surface area (Å²) < 4.78 is 41.9. The molecule has 0 bridgehead atoms. The van der Waals surface area contributed by atoms with Gasteiger partial charge in [-0.05, 0) is 38.5 Å². The van der Waals surface area contributed by atoms with Gasteiger partial charge >= 0.3 is 6.18 Å². The van der Waals surface area contributed by atoms with Gasteiger partial charge in [0.2, 0.25) is 0 Å². The summed E-state index contributed by atoms with van der Waals surface area (Å²) in [4.78, 5) is 0. The van der Waals surface area contributed by atoms with Gasteiger partial charge in [-0.1, -0.05) is 23.7 Å². The lowest BCUT2D eigenvalue weighted by Crippen LogP contribution is -2.39. The summed E-state index contributed by atoms with van der Waals surface area (Å²) in [5.74, 6) is 0. The molecule has 0 aliphatic rings. The van der Waals surface area contributed by atoms with Gasteiger partial charge in [0.25, 0.3) is 0 Å². The average Bonchev–Trinajstić information content (AvgIpc) is 2.28. The fourth-order valence-corrected chi connectivity index (χ4v) is 1.67. The van der Waals surface area contributed by atoms with Gasteiger partial charge in [-0.15, -0.1) is 0 Å². The first-order chi connectivity index (χ1) is 9.07. The molecule has 1 atom stereocenters. The molecule has 20 heavy (non-hydrogen) atoms. The molecule has 0 aromatic heterocycles. The Hall–Kier alpha value is -0.780. The topological polar surface area (TPSA) is 21.3 Å². The van der Waals surface area contributed by atoms with Crippen LogP contribution in [0, 0.1) is 0 Å². The van der Waals surface area contributed by atoms with Gasteiger partial charge in [0.15, 0.2) is 0 Å². The number of benzene rings is 1. The smallest absolute Gasteiger partial charge is 0.363 e. The summed E-state index contributed by atoms with van der Waals surface area (Å²) >= 11 is 5.78. The Morgan fingerprint density at radius 2 is 1.70 bits per heavy atom.